The largest absolute Gasteiger partial charge is 0.468 e. The molecule has 1 N–H and O–H groups in total. The summed E-state index contributed by atoms with van der Waals surface area (Å²) in [5.74, 6) is 0.259. The number of aryl methyl sites for hydroxylation is 1. The second kappa shape index (κ2) is 7.29. The molecule has 2 unspecified atom stereocenters. The van der Waals surface area contributed by atoms with Gasteiger partial charge in [0.2, 0.25) is 0 Å². The van der Waals surface area contributed by atoms with Gasteiger partial charge in [0.05, 0.1) is 7.11 Å². The quantitative estimate of drug-likeness (QED) is 0.801. The van der Waals surface area contributed by atoms with Gasteiger partial charge in [0.1, 0.15) is 6.04 Å². The Labute approximate surface area is 116 Å². The van der Waals surface area contributed by atoms with Gasteiger partial charge in [0.25, 0.3) is 0 Å². The molecule has 0 aliphatic heterocycles. The third-order valence-electron chi connectivity index (χ3n) is 3.30. The van der Waals surface area contributed by atoms with Crippen molar-refractivity contribution in [3.8, 4) is 0 Å². The van der Waals surface area contributed by atoms with Crippen molar-refractivity contribution in [2.45, 2.75) is 46.2 Å². The molecule has 2 atom stereocenters. The van der Waals surface area contributed by atoms with Gasteiger partial charge in [-0.15, -0.1) is 0 Å². The van der Waals surface area contributed by atoms with Gasteiger partial charge < -0.3 is 4.74 Å². The number of methoxy groups -OCH3 is 1. The van der Waals surface area contributed by atoms with E-state index in [2.05, 4.69) is 45.1 Å². The summed E-state index contributed by atoms with van der Waals surface area (Å²) in [7, 11) is 1.44. The van der Waals surface area contributed by atoms with Crippen LogP contribution in [0, 0.1) is 12.8 Å². The van der Waals surface area contributed by atoms with Crippen molar-refractivity contribution in [2.24, 2.45) is 5.92 Å². The number of nitrogens with one attached hydrogen (secondary N) is 1. The lowest BCUT2D eigenvalue weighted by molar-refractivity contribution is -0.143. The van der Waals surface area contributed by atoms with Crippen molar-refractivity contribution in [3.63, 3.8) is 0 Å². The molecule has 0 saturated heterocycles. The summed E-state index contributed by atoms with van der Waals surface area (Å²) in [6, 6.07) is 8.11. The van der Waals surface area contributed by atoms with Gasteiger partial charge in [0.15, 0.2) is 0 Å². The molecular formula is C16H25NO2. The van der Waals surface area contributed by atoms with Crippen LogP contribution < -0.4 is 5.32 Å². The summed E-state index contributed by atoms with van der Waals surface area (Å²) in [6.07, 6.45) is 0.781. The van der Waals surface area contributed by atoms with Crippen molar-refractivity contribution in [1.82, 2.24) is 5.32 Å². The molecule has 1 aromatic rings. The number of ether oxygens (including phenoxy) is 1. The SMILES string of the molecule is COC(=O)C(CC(C)C)NC(C)c1ccccc1C. The minimum Gasteiger partial charge on any atom is -0.468 e. The van der Waals surface area contributed by atoms with Crippen molar-refractivity contribution >= 4 is 5.97 Å². The molecular weight excluding hydrogens is 238 g/mol. The zero-order chi connectivity index (χ0) is 14.4. The first-order chi connectivity index (χ1) is 8.95. The topological polar surface area (TPSA) is 38.3 Å². The van der Waals surface area contributed by atoms with E-state index in [0.29, 0.717) is 5.92 Å². The third kappa shape index (κ3) is 4.67. The van der Waals surface area contributed by atoms with Crippen LogP contribution in [0.3, 0.4) is 0 Å². The van der Waals surface area contributed by atoms with E-state index < -0.39 is 0 Å². The minimum atomic E-state index is -0.250. The van der Waals surface area contributed by atoms with Gasteiger partial charge in [-0.05, 0) is 37.3 Å². The number of hydrogen-bond acceptors (Lipinski definition) is 3. The van der Waals surface area contributed by atoms with E-state index in [9.17, 15) is 4.79 Å². The van der Waals surface area contributed by atoms with Crippen LogP contribution in [0.25, 0.3) is 0 Å². The van der Waals surface area contributed by atoms with Crippen LogP contribution in [0.2, 0.25) is 0 Å². The molecule has 0 fully saturated rings. The molecule has 0 bridgehead atoms. The van der Waals surface area contributed by atoms with Crippen molar-refractivity contribution < 1.29 is 9.53 Å². The van der Waals surface area contributed by atoms with E-state index in [0.717, 1.165) is 6.42 Å². The molecule has 0 saturated carbocycles. The van der Waals surface area contributed by atoms with Gasteiger partial charge in [-0.1, -0.05) is 38.1 Å². The second-order valence-electron chi connectivity index (χ2n) is 5.45. The van der Waals surface area contributed by atoms with E-state index in [1.807, 2.05) is 12.1 Å². The Bertz CT molecular complexity index is 415. The Morgan fingerprint density at radius 1 is 1.26 bits per heavy atom. The first kappa shape index (κ1) is 15.7. The summed E-state index contributed by atoms with van der Waals surface area (Å²) in [6.45, 7) is 8.38. The lowest BCUT2D eigenvalue weighted by Gasteiger charge is -2.24. The molecule has 3 nitrogen and oxygen atoms in total. The molecule has 0 spiro atoms. The lowest BCUT2D eigenvalue weighted by Crippen LogP contribution is -2.40. The van der Waals surface area contributed by atoms with Crippen molar-refractivity contribution in [1.29, 1.82) is 0 Å². The second-order valence-corrected chi connectivity index (χ2v) is 5.45. The standard InChI is InChI=1S/C16H25NO2/c1-11(2)10-15(16(18)19-5)17-13(4)14-9-7-6-8-12(14)3/h6-9,11,13,15,17H,10H2,1-5H3. The highest BCUT2D eigenvalue weighted by atomic mass is 16.5. The number of carbonyl (C=O) groups excluding carboxylic acids is 1. The Hall–Kier alpha value is -1.35. The van der Waals surface area contributed by atoms with Crippen LogP contribution in [-0.2, 0) is 9.53 Å². The van der Waals surface area contributed by atoms with E-state index in [1.165, 1.54) is 18.2 Å². The molecule has 0 aromatic heterocycles. The molecule has 0 heterocycles. The maximum atomic E-state index is 11.8. The van der Waals surface area contributed by atoms with Crippen LogP contribution >= 0.6 is 0 Å². The number of rotatable bonds is 6. The predicted octanol–water partition coefficient (Wildman–Crippen LogP) is 3.23. The van der Waals surface area contributed by atoms with Crippen molar-refractivity contribution in [3.05, 3.63) is 35.4 Å². The monoisotopic (exact) mass is 263 g/mol. The summed E-state index contributed by atoms with van der Waals surface area (Å²) in [4.78, 5) is 11.8. The summed E-state index contributed by atoms with van der Waals surface area (Å²) >= 11 is 0. The number of carbonyl (C=O) groups is 1. The lowest BCUT2D eigenvalue weighted by atomic mass is 9.99. The summed E-state index contributed by atoms with van der Waals surface area (Å²) in [5.41, 5.74) is 2.45. The number of hydrogen-bond donors (Lipinski definition) is 1. The zero-order valence-electron chi connectivity index (χ0n) is 12.6. The molecule has 1 aromatic carbocycles. The Balaban J connectivity index is 2.78. The maximum Gasteiger partial charge on any atom is 0.322 e. The van der Waals surface area contributed by atoms with Gasteiger partial charge in [-0.3, -0.25) is 10.1 Å². The summed E-state index contributed by atoms with van der Waals surface area (Å²) in [5, 5.41) is 3.38. The molecule has 0 radical (unpaired) electrons. The fourth-order valence-electron chi connectivity index (χ4n) is 2.31. The first-order valence-corrected chi connectivity index (χ1v) is 6.85. The van der Waals surface area contributed by atoms with Crippen LogP contribution in [-0.4, -0.2) is 19.1 Å². The van der Waals surface area contributed by atoms with E-state index in [1.54, 1.807) is 0 Å². The Morgan fingerprint density at radius 3 is 2.42 bits per heavy atom. The normalized spacial score (nSPS) is 14.2. The average molecular weight is 263 g/mol. The molecule has 3 heteroatoms. The number of benzene rings is 1. The van der Waals surface area contributed by atoms with Crippen LogP contribution in [0.15, 0.2) is 24.3 Å². The fourth-order valence-corrected chi connectivity index (χ4v) is 2.31. The Kier molecular flexibility index (Phi) is 6.03. The Morgan fingerprint density at radius 2 is 1.89 bits per heavy atom. The molecule has 106 valence electrons. The zero-order valence-corrected chi connectivity index (χ0v) is 12.6. The molecule has 19 heavy (non-hydrogen) atoms. The van der Waals surface area contributed by atoms with E-state index in [4.69, 9.17) is 4.74 Å². The molecule has 1 rings (SSSR count). The maximum absolute atomic E-state index is 11.8. The third-order valence-corrected chi connectivity index (χ3v) is 3.30. The van der Waals surface area contributed by atoms with Crippen molar-refractivity contribution in [2.75, 3.05) is 7.11 Å². The predicted molar refractivity (Wildman–Crippen MR) is 78.0 cm³/mol. The first-order valence-electron chi connectivity index (χ1n) is 6.85. The summed E-state index contributed by atoms with van der Waals surface area (Å²) < 4.78 is 4.88. The average Bonchev–Trinajstić information content (AvgIpc) is 2.36. The molecule has 0 aliphatic rings. The van der Waals surface area contributed by atoms with Crippen LogP contribution in [0.4, 0.5) is 0 Å². The smallest absolute Gasteiger partial charge is 0.322 e. The molecule has 0 amide bonds. The number of esters is 1. The van der Waals surface area contributed by atoms with E-state index in [-0.39, 0.29) is 18.1 Å². The van der Waals surface area contributed by atoms with Gasteiger partial charge in [-0.2, -0.15) is 0 Å². The van der Waals surface area contributed by atoms with Gasteiger partial charge in [0, 0.05) is 6.04 Å². The highest BCUT2D eigenvalue weighted by Crippen LogP contribution is 2.19. The van der Waals surface area contributed by atoms with Gasteiger partial charge in [-0.25, -0.2) is 0 Å². The van der Waals surface area contributed by atoms with E-state index >= 15 is 0 Å². The minimum absolute atomic E-state index is 0.129. The van der Waals surface area contributed by atoms with Crippen LogP contribution in [0.5, 0.6) is 0 Å². The molecule has 0 aliphatic carbocycles. The fraction of sp³-hybridized carbons (Fsp3) is 0.562. The highest BCUT2D eigenvalue weighted by molar-refractivity contribution is 5.75. The van der Waals surface area contributed by atoms with Gasteiger partial charge >= 0.3 is 5.97 Å². The van der Waals surface area contributed by atoms with Crippen LogP contribution in [0.1, 0.15) is 44.4 Å². The highest BCUT2D eigenvalue weighted by Gasteiger charge is 2.23.